The van der Waals surface area contributed by atoms with Crippen LogP contribution in [0.4, 0.5) is 0 Å². The Balaban J connectivity index is 1.94. The van der Waals surface area contributed by atoms with Crippen LogP contribution in [0.15, 0.2) is 42.0 Å². The summed E-state index contributed by atoms with van der Waals surface area (Å²) >= 11 is 6.14. The van der Waals surface area contributed by atoms with Crippen molar-refractivity contribution in [3.8, 4) is 0 Å². The number of nitrogens with zero attached hydrogens (tertiary/aromatic N) is 2. The predicted molar refractivity (Wildman–Crippen MR) is 81.0 cm³/mol. The second kappa shape index (κ2) is 5.25. The van der Waals surface area contributed by atoms with E-state index in [0.29, 0.717) is 22.8 Å². The van der Waals surface area contributed by atoms with E-state index in [1.54, 1.807) is 12.1 Å². The minimum Gasteiger partial charge on any atom is -0.333 e. The Kier molecular flexibility index (Phi) is 3.45. The lowest BCUT2D eigenvalue weighted by atomic mass is 10.1. The average molecular weight is 287 g/mol. The molecule has 0 aliphatic carbocycles. The highest BCUT2D eigenvalue weighted by Gasteiger charge is 2.19. The zero-order valence-electron chi connectivity index (χ0n) is 11.3. The maximum atomic E-state index is 12.5. The Morgan fingerprint density at radius 1 is 1.30 bits per heavy atom. The van der Waals surface area contributed by atoms with Crippen molar-refractivity contribution >= 4 is 28.4 Å². The Morgan fingerprint density at radius 3 is 2.90 bits per heavy atom. The number of amides is 1. The molecule has 3 nitrogen and oxygen atoms in total. The molecular weight excluding hydrogens is 272 g/mol. The molecule has 0 saturated carbocycles. The highest BCUT2D eigenvalue weighted by Crippen LogP contribution is 2.22. The van der Waals surface area contributed by atoms with Crippen molar-refractivity contribution < 1.29 is 4.79 Å². The smallest absolute Gasteiger partial charge is 0.272 e. The predicted octanol–water partition coefficient (Wildman–Crippen LogP) is 3.68. The number of carbonyl (C=O) groups excluding carboxylic acids is 1. The Bertz CT molecular complexity index is 709. The second-order valence-corrected chi connectivity index (χ2v) is 5.47. The van der Waals surface area contributed by atoms with Gasteiger partial charge in [-0.05, 0) is 25.5 Å². The number of hydrogen-bond donors (Lipinski definition) is 0. The quantitative estimate of drug-likeness (QED) is 0.749. The van der Waals surface area contributed by atoms with Crippen molar-refractivity contribution in [3.63, 3.8) is 0 Å². The topological polar surface area (TPSA) is 33.2 Å². The lowest BCUT2D eigenvalue weighted by Gasteiger charge is -2.25. The lowest BCUT2D eigenvalue weighted by molar-refractivity contribution is 0.0763. The number of pyridine rings is 1. The van der Waals surface area contributed by atoms with E-state index in [-0.39, 0.29) is 5.91 Å². The zero-order chi connectivity index (χ0) is 14.1. The molecule has 1 aromatic carbocycles. The summed E-state index contributed by atoms with van der Waals surface area (Å²) in [6, 6.07) is 9.28. The average Bonchev–Trinajstić information content (AvgIpc) is 2.47. The fourth-order valence-electron chi connectivity index (χ4n) is 2.35. The van der Waals surface area contributed by atoms with Gasteiger partial charge in [-0.3, -0.25) is 4.79 Å². The van der Waals surface area contributed by atoms with Gasteiger partial charge in [0, 0.05) is 18.5 Å². The van der Waals surface area contributed by atoms with E-state index in [0.717, 1.165) is 18.4 Å². The Hall–Kier alpha value is -1.87. The monoisotopic (exact) mass is 286 g/mol. The van der Waals surface area contributed by atoms with Crippen LogP contribution in [0.1, 0.15) is 23.8 Å². The molecule has 1 aromatic heterocycles. The molecule has 0 N–H and O–H groups in total. The SMILES string of the molecule is CC1=CCN(C(=O)c2ccc3cccc(Cl)c3n2)CC1. The third-order valence-corrected chi connectivity index (χ3v) is 3.92. The van der Waals surface area contributed by atoms with Gasteiger partial charge in [-0.25, -0.2) is 4.98 Å². The molecule has 0 radical (unpaired) electrons. The van der Waals surface area contributed by atoms with E-state index in [1.165, 1.54) is 5.57 Å². The second-order valence-electron chi connectivity index (χ2n) is 5.06. The highest BCUT2D eigenvalue weighted by molar-refractivity contribution is 6.35. The third-order valence-electron chi connectivity index (χ3n) is 3.61. The molecule has 1 aliphatic rings. The van der Waals surface area contributed by atoms with Crippen LogP contribution in [0.25, 0.3) is 10.9 Å². The minimum atomic E-state index is -0.0319. The summed E-state index contributed by atoms with van der Waals surface area (Å²) in [6.07, 6.45) is 3.02. The van der Waals surface area contributed by atoms with E-state index >= 15 is 0 Å². The summed E-state index contributed by atoms with van der Waals surface area (Å²) < 4.78 is 0. The van der Waals surface area contributed by atoms with Gasteiger partial charge in [0.05, 0.1) is 10.5 Å². The molecule has 0 unspecified atom stereocenters. The van der Waals surface area contributed by atoms with Gasteiger partial charge >= 0.3 is 0 Å². The van der Waals surface area contributed by atoms with Crippen LogP contribution in [0.2, 0.25) is 5.02 Å². The molecule has 0 saturated heterocycles. The lowest BCUT2D eigenvalue weighted by Crippen LogP contribution is -2.35. The van der Waals surface area contributed by atoms with E-state index in [4.69, 9.17) is 11.6 Å². The number of rotatable bonds is 1. The molecule has 2 heterocycles. The number of aromatic nitrogens is 1. The molecule has 0 spiro atoms. The summed E-state index contributed by atoms with van der Waals surface area (Å²) in [5, 5.41) is 1.52. The van der Waals surface area contributed by atoms with Crippen LogP contribution in [0.5, 0.6) is 0 Å². The molecular formula is C16H15ClN2O. The van der Waals surface area contributed by atoms with Gasteiger partial charge < -0.3 is 4.90 Å². The van der Waals surface area contributed by atoms with E-state index < -0.39 is 0 Å². The van der Waals surface area contributed by atoms with Gasteiger partial charge in [-0.15, -0.1) is 0 Å². The van der Waals surface area contributed by atoms with Crippen LogP contribution in [-0.4, -0.2) is 28.9 Å². The van der Waals surface area contributed by atoms with Crippen molar-refractivity contribution in [2.45, 2.75) is 13.3 Å². The van der Waals surface area contributed by atoms with Gasteiger partial charge in [-0.1, -0.05) is 41.4 Å². The summed E-state index contributed by atoms with van der Waals surface area (Å²) in [5.74, 6) is -0.0319. The van der Waals surface area contributed by atoms with Crippen molar-refractivity contribution in [2.24, 2.45) is 0 Å². The first-order chi connectivity index (χ1) is 9.65. The zero-order valence-corrected chi connectivity index (χ0v) is 12.0. The standard InChI is InChI=1S/C16H15ClN2O/c1-11-7-9-19(10-8-11)16(20)14-6-5-12-3-2-4-13(17)15(12)18-14/h2-7H,8-10H2,1H3. The van der Waals surface area contributed by atoms with Crippen LogP contribution in [-0.2, 0) is 0 Å². The molecule has 4 heteroatoms. The molecule has 20 heavy (non-hydrogen) atoms. The number of hydrogen-bond acceptors (Lipinski definition) is 2. The Labute approximate surface area is 122 Å². The maximum absolute atomic E-state index is 12.5. The summed E-state index contributed by atoms with van der Waals surface area (Å²) in [4.78, 5) is 18.7. The minimum absolute atomic E-state index is 0.0319. The van der Waals surface area contributed by atoms with E-state index in [1.807, 2.05) is 23.1 Å². The largest absolute Gasteiger partial charge is 0.333 e. The molecule has 0 atom stereocenters. The number of carbonyl (C=O) groups is 1. The molecule has 0 bridgehead atoms. The normalized spacial score (nSPS) is 15.3. The van der Waals surface area contributed by atoms with Crippen molar-refractivity contribution in [3.05, 3.63) is 52.7 Å². The van der Waals surface area contributed by atoms with Gasteiger partial charge in [0.2, 0.25) is 0 Å². The van der Waals surface area contributed by atoms with Crippen LogP contribution >= 0.6 is 11.6 Å². The Morgan fingerprint density at radius 2 is 2.15 bits per heavy atom. The van der Waals surface area contributed by atoms with Gasteiger partial charge in [-0.2, -0.15) is 0 Å². The molecule has 2 aromatic rings. The van der Waals surface area contributed by atoms with Crippen LogP contribution in [0.3, 0.4) is 0 Å². The molecule has 3 rings (SSSR count). The molecule has 1 amide bonds. The fraction of sp³-hybridized carbons (Fsp3) is 0.250. The first-order valence-electron chi connectivity index (χ1n) is 6.65. The first kappa shape index (κ1) is 13.1. The fourth-order valence-corrected chi connectivity index (χ4v) is 2.57. The van der Waals surface area contributed by atoms with Crippen LogP contribution < -0.4 is 0 Å². The van der Waals surface area contributed by atoms with Crippen molar-refractivity contribution in [2.75, 3.05) is 13.1 Å². The van der Waals surface area contributed by atoms with E-state index in [2.05, 4.69) is 18.0 Å². The molecule has 1 aliphatic heterocycles. The van der Waals surface area contributed by atoms with Gasteiger partial charge in [0.15, 0.2) is 0 Å². The van der Waals surface area contributed by atoms with Gasteiger partial charge in [0.1, 0.15) is 5.69 Å². The van der Waals surface area contributed by atoms with E-state index in [9.17, 15) is 4.79 Å². The summed E-state index contributed by atoms with van der Waals surface area (Å²) in [7, 11) is 0. The number of fused-ring (bicyclic) bond motifs is 1. The van der Waals surface area contributed by atoms with Crippen LogP contribution in [0, 0.1) is 0 Å². The summed E-state index contributed by atoms with van der Waals surface area (Å²) in [6.45, 7) is 3.51. The molecule has 0 fully saturated rings. The number of halogens is 1. The van der Waals surface area contributed by atoms with Gasteiger partial charge in [0.25, 0.3) is 5.91 Å². The highest BCUT2D eigenvalue weighted by atomic mass is 35.5. The molecule has 102 valence electrons. The third kappa shape index (κ3) is 2.41. The van der Waals surface area contributed by atoms with Crippen molar-refractivity contribution in [1.82, 2.24) is 9.88 Å². The number of benzene rings is 1. The number of para-hydroxylation sites is 1. The first-order valence-corrected chi connectivity index (χ1v) is 7.03. The van der Waals surface area contributed by atoms with Crippen molar-refractivity contribution in [1.29, 1.82) is 0 Å². The maximum Gasteiger partial charge on any atom is 0.272 e. The summed E-state index contributed by atoms with van der Waals surface area (Å²) in [5.41, 5.74) is 2.48.